The van der Waals surface area contributed by atoms with Crippen LogP contribution < -0.4 is 5.32 Å². The van der Waals surface area contributed by atoms with Gasteiger partial charge in [-0.2, -0.15) is 0 Å². The van der Waals surface area contributed by atoms with Crippen LogP contribution in [0.25, 0.3) is 0 Å². The quantitative estimate of drug-likeness (QED) is 0.889. The lowest BCUT2D eigenvalue weighted by Gasteiger charge is -2.28. The van der Waals surface area contributed by atoms with Crippen LogP contribution in [0.1, 0.15) is 48.5 Å². The highest BCUT2D eigenvalue weighted by Gasteiger charge is 2.27. The van der Waals surface area contributed by atoms with Crippen molar-refractivity contribution >= 4 is 11.3 Å². The van der Waals surface area contributed by atoms with Crippen molar-refractivity contribution in [2.24, 2.45) is 5.92 Å². The second-order valence-electron chi connectivity index (χ2n) is 5.46. The van der Waals surface area contributed by atoms with Crippen LogP contribution in [0, 0.1) is 5.92 Å². The van der Waals surface area contributed by atoms with Gasteiger partial charge in [-0.1, -0.05) is 11.3 Å². The van der Waals surface area contributed by atoms with Crippen LogP contribution in [0.5, 0.6) is 0 Å². The number of aromatic nitrogens is 2. The highest BCUT2D eigenvalue weighted by molar-refractivity contribution is 7.11. The van der Waals surface area contributed by atoms with Crippen LogP contribution in [0.2, 0.25) is 0 Å². The van der Waals surface area contributed by atoms with E-state index in [9.17, 15) is 0 Å². The Morgan fingerprint density at radius 2 is 2.28 bits per heavy atom. The Bertz CT molecular complexity index is 385. The monoisotopic (exact) mass is 267 g/mol. The second-order valence-corrected chi connectivity index (χ2v) is 6.55. The summed E-state index contributed by atoms with van der Waals surface area (Å²) in [5, 5.41) is 14.5. The Labute approximate surface area is 112 Å². The van der Waals surface area contributed by atoms with Crippen molar-refractivity contribution in [2.45, 2.75) is 51.1 Å². The zero-order valence-electron chi connectivity index (χ0n) is 10.9. The smallest absolute Gasteiger partial charge is 0.131 e. The maximum absolute atomic E-state index is 5.53. The fourth-order valence-electron chi connectivity index (χ4n) is 2.41. The van der Waals surface area contributed by atoms with E-state index in [1.807, 2.05) is 0 Å². The zero-order chi connectivity index (χ0) is 12.4. The van der Waals surface area contributed by atoms with Gasteiger partial charge in [-0.3, -0.25) is 0 Å². The van der Waals surface area contributed by atoms with Gasteiger partial charge in [0.25, 0.3) is 0 Å². The molecule has 1 N–H and O–H groups in total. The molecule has 0 bridgehead atoms. The van der Waals surface area contributed by atoms with Crippen LogP contribution in [0.4, 0.5) is 0 Å². The molecule has 1 aromatic rings. The molecule has 2 unspecified atom stereocenters. The minimum atomic E-state index is 0.499. The molecule has 18 heavy (non-hydrogen) atoms. The Kier molecular flexibility index (Phi) is 3.91. The van der Waals surface area contributed by atoms with Crippen molar-refractivity contribution in [3.8, 4) is 0 Å². The minimum Gasteiger partial charge on any atom is -0.381 e. The van der Waals surface area contributed by atoms with E-state index in [1.54, 1.807) is 11.3 Å². The molecule has 2 atom stereocenters. The van der Waals surface area contributed by atoms with E-state index in [1.165, 1.54) is 30.7 Å². The van der Waals surface area contributed by atoms with Crippen LogP contribution in [0.15, 0.2) is 0 Å². The normalized spacial score (nSPS) is 26.2. The Morgan fingerprint density at radius 1 is 1.39 bits per heavy atom. The van der Waals surface area contributed by atoms with Gasteiger partial charge in [0.1, 0.15) is 10.0 Å². The molecule has 1 aromatic heterocycles. The van der Waals surface area contributed by atoms with Gasteiger partial charge in [0.15, 0.2) is 0 Å². The first-order chi connectivity index (χ1) is 8.83. The molecule has 0 radical (unpaired) electrons. The summed E-state index contributed by atoms with van der Waals surface area (Å²) in [7, 11) is 0. The molecular weight excluding hydrogens is 246 g/mol. The molecule has 1 saturated heterocycles. The van der Waals surface area contributed by atoms with Crippen molar-refractivity contribution in [3.05, 3.63) is 10.0 Å². The molecule has 5 heteroatoms. The van der Waals surface area contributed by atoms with Crippen molar-refractivity contribution in [3.63, 3.8) is 0 Å². The number of rotatable bonds is 5. The minimum absolute atomic E-state index is 0.499. The summed E-state index contributed by atoms with van der Waals surface area (Å²) in [6.45, 7) is 4.94. The van der Waals surface area contributed by atoms with Gasteiger partial charge in [0.05, 0.1) is 6.61 Å². The Balaban J connectivity index is 1.46. The van der Waals surface area contributed by atoms with Crippen molar-refractivity contribution in [1.82, 2.24) is 15.5 Å². The summed E-state index contributed by atoms with van der Waals surface area (Å²) in [5.41, 5.74) is 0. The molecule has 100 valence electrons. The maximum Gasteiger partial charge on any atom is 0.131 e. The Hall–Kier alpha value is -0.520. The van der Waals surface area contributed by atoms with Gasteiger partial charge < -0.3 is 10.1 Å². The lowest BCUT2D eigenvalue weighted by atomic mass is 9.95. The predicted molar refractivity (Wildman–Crippen MR) is 71.7 cm³/mol. The maximum atomic E-state index is 5.53. The largest absolute Gasteiger partial charge is 0.381 e. The van der Waals surface area contributed by atoms with Crippen LogP contribution in [-0.2, 0) is 11.3 Å². The van der Waals surface area contributed by atoms with Gasteiger partial charge in [0, 0.05) is 25.1 Å². The van der Waals surface area contributed by atoms with E-state index in [0.29, 0.717) is 12.0 Å². The summed E-state index contributed by atoms with van der Waals surface area (Å²) in [6, 6.07) is 0.499. The third-order valence-electron chi connectivity index (χ3n) is 3.89. The summed E-state index contributed by atoms with van der Waals surface area (Å²) in [5.74, 6) is 1.37. The van der Waals surface area contributed by atoms with Gasteiger partial charge in [-0.25, -0.2) is 0 Å². The summed E-state index contributed by atoms with van der Waals surface area (Å²) in [6.07, 6.45) is 5.08. The fraction of sp³-hybridized carbons (Fsp3) is 0.846. The van der Waals surface area contributed by atoms with E-state index in [2.05, 4.69) is 22.4 Å². The lowest BCUT2D eigenvalue weighted by Crippen LogP contribution is -2.37. The predicted octanol–water partition coefficient (Wildman–Crippen LogP) is 2.32. The first-order valence-corrected chi connectivity index (χ1v) is 7.78. The van der Waals surface area contributed by atoms with Crippen LogP contribution in [0.3, 0.4) is 0 Å². The van der Waals surface area contributed by atoms with E-state index < -0.39 is 0 Å². The third kappa shape index (κ3) is 3.08. The molecule has 0 spiro atoms. The van der Waals surface area contributed by atoms with E-state index in [4.69, 9.17) is 4.74 Å². The Morgan fingerprint density at radius 3 is 3.00 bits per heavy atom. The topological polar surface area (TPSA) is 47.0 Å². The molecule has 2 fully saturated rings. The molecular formula is C13H21N3OS. The molecule has 1 aliphatic carbocycles. The van der Waals surface area contributed by atoms with E-state index in [-0.39, 0.29) is 0 Å². The lowest BCUT2D eigenvalue weighted by molar-refractivity contribution is 0.0417. The number of hydrogen-bond acceptors (Lipinski definition) is 5. The number of nitrogens with one attached hydrogen (secondary N) is 1. The van der Waals surface area contributed by atoms with Crippen molar-refractivity contribution in [2.75, 3.05) is 13.2 Å². The molecule has 2 aliphatic rings. The molecule has 3 rings (SSSR count). The molecule has 1 aliphatic heterocycles. The number of nitrogens with zero attached hydrogens (tertiary/aromatic N) is 2. The SMILES string of the molecule is CC(NCc1nnc(C2CC2)s1)C1CCCOC1. The standard InChI is InChI=1S/C13H21N3OS/c1-9(11-3-2-6-17-8-11)14-7-12-15-16-13(18-12)10-4-5-10/h9-11,14H,2-8H2,1H3. The molecule has 2 heterocycles. The van der Waals surface area contributed by atoms with Crippen molar-refractivity contribution < 1.29 is 4.74 Å². The van der Waals surface area contributed by atoms with E-state index in [0.717, 1.165) is 30.7 Å². The van der Waals surface area contributed by atoms with E-state index >= 15 is 0 Å². The first-order valence-electron chi connectivity index (χ1n) is 6.96. The van der Waals surface area contributed by atoms with Gasteiger partial charge >= 0.3 is 0 Å². The summed E-state index contributed by atoms with van der Waals surface area (Å²) < 4.78 is 5.53. The number of ether oxygens (including phenoxy) is 1. The fourth-order valence-corrected chi connectivity index (χ4v) is 3.37. The highest BCUT2D eigenvalue weighted by Crippen LogP contribution is 2.41. The highest BCUT2D eigenvalue weighted by atomic mass is 32.1. The van der Waals surface area contributed by atoms with Gasteiger partial charge in [-0.15, -0.1) is 10.2 Å². The van der Waals surface area contributed by atoms with Crippen LogP contribution >= 0.6 is 11.3 Å². The molecule has 4 nitrogen and oxygen atoms in total. The summed E-state index contributed by atoms with van der Waals surface area (Å²) >= 11 is 1.78. The van der Waals surface area contributed by atoms with Gasteiger partial charge in [0.2, 0.25) is 0 Å². The van der Waals surface area contributed by atoms with Crippen LogP contribution in [-0.4, -0.2) is 29.5 Å². The number of hydrogen-bond donors (Lipinski definition) is 1. The average molecular weight is 267 g/mol. The second kappa shape index (κ2) is 5.63. The van der Waals surface area contributed by atoms with Gasteiger partial charge in [-0.05, 0) is 38.5 Å². The first kappa shape index (κ1) is 12.5. The molecule has 0 aromatic carbocycles. The van der Waals surface area contributed by atoms with Crippen molar-refractivity contribution in [1.29, 1.82) is 0 Å². The zero-order valence-corrected chi connectivity index (χ0v) is 11.7. The third-order valence-corrected chi connectivity index (χ3v) is 4.97. The summed E-state index contributed by atoms with van der Waals surface area (Å²) in [4.78, 5) is 0. The average Bonchev–Trinajstić information content (AvgIpc) is 3.16. The molecule has 1 saturated carbocycles. The molecule has 0 amide bonds.